The van der Waals surface area contributed by atoms with Crippen LogP contribution in [0.4, 0.5) is 0 Å². The molecule has 0 radical (unpaired) electrons. The van der Waals surface area contributed by atoms with Crippen LogP contribution in [0.3, 0.4) is 0 Å². The molecule has 2 rings (SSSR count). The molecule has 24 heavy (non-hydrogen) atoms. The predicted molar refractivity (Wildman–Crippen MR) is 96.3 cm³/mol. The van der Waals surface area contributed by atoms with E-state index in [0.717, 1.165) is 45.2 Å². The van der Waals surface area contributed by atoms with Gasteiger partial charge in [-0.3, -0.25) is 0 Å². The Bertz CT molecular complexity index is 603. The van der Waals surface area contributed by atoms with Crippen molar-refractivity contribution in [2.45, 2.75) is 51.4 Å². The molecule has 1 aromatic rings. The summed E-state index contributed by atoms with van der Waals surface area (Å²) in [5, 5.41) is 19.1. The van der Waals surface area contributed by atoms with Gasteiger partial charge in [-0.2, -0.15) is 15.5 Å². The summed E-state index contributed by atoms with van der Waals surface area (Å²) in [7, 11) is 0. The number of nitriles is 2. The maximum Gasteiger partial charge on any atom is 0.207 e. The van der Waals surface area contributed by atoms with Crippen molar-refractivity contribution < 1.29 is 0 Å². The van der Waals surface area contributed by atoms with Gasteiger partial charge in [0.1, 0.15) is 11.8 Å². The van der Waals surface area contributed by atoms with Crippen molar-refractivity contribution >= 4 is 5.84 Å². The van der Waals surface area contributed by atoms with Gasteiger partial charge in [-0.05, 0) is 31.2 Å². The second-order valence-corrected chi connectivity index (χ2v) is 6.38. The highest BCUT2D eigenvalue weighted by Gasteiger charge is 2.31. The number of benzene rings is 1. The highest BCUT2D eigenvalue weighted by atomic mass is 15.2. The minimum Gasteiger partial charge on any atom is -0.358 e. The number of hydrogen-bond donors (Lipinski definition) is 0. The molecule has 0 saturated carbocycles. The minimum absolute atomic E-state index is 0.0881. The summed E-state index contributed by atoms with van der Waals surface area (Å²) in [5.74, 6) is 0.395. The normalized spacial score (nSPS) is 17.6. The van der Waals surface area contributed by atoms with Gasteiger partial charge < -0.3 is 4.90 Å². The third kappa shape index (κ3) is 4.59. The van der Waals surface area contributed by atoms with Gasteiger partial charge in [0, 0.05) is 19.0 Å². The highest BCUT2D eigenvalue weighted by Crippen LogP contribution is 2.32. The summed E-state index contributed by atoms with van der Waals surface area (Å²) in [6, 6.07) is 12.7. The van der Waals surface area contributed by atoms with Crippen LogP contribution in [0.25, 0.3) is 0 Å². The minimum atomic E-state index is -0.364. The Balaban J connectivity index is 2.33. The Kier molecular flexibility index (Phi) is 7.30. The van der Waals surface area contributed by atoms with Gasteiger partial charge in [0.25, 0.3) is 0 Å². The fourth-order valence-electron chi connectivity index (χ4n) is 3.49. The topological polar surface area (TPSA) is 63.2 Å². The standard InChI is InChI=1S/C20H26N4/c1-2-3-12-18(17-10-6-4-7-11-17)19(15-21)20(23-16-22)24-13-8-5-9-14-24/h4,6-7,10-11,18-19H,2-3,5,8-9,12-14H2,1H3. The summed E-state index contributed by atoms with van der Waals surface area (Å²) >= 11 is 0. The SMILES string of the molecule is CCCCC(c1ccccc1)C(C#N)C(=NC#N)N1CCCCC1. The number of aliphatic imine (C=N–C) groups is 1. The van der Waals surface area contributed by atoms with Gasteiger partial charge in [-0.25, -0.2) is 0 Å². The number of nitrogens with zero attached hydrogens (tertiary/aromatic N) is 4. The Morgan fingerprint density at radius 1 is 1.17 bits per heavy atom. The predicted octanol–water partition coefficient (Wildman–Crippen LogP) is 4.47. The van der Waals surface area contributed by atoms with Crippen molar-refractivity contribution in [1.29, 1.82) is 10.5 Å². The van der Waals surface area contributed by atoms with Crippen molar-refractivity contribution in [2.24, 2.45) is 10.9 Å². The van der Waals surface area contributed by atoms with Crippen molar-refractivity contribution in [1.82, 2.24) is 4.90 Å². The molecule has 0 aliphatic carbocycles. The molecule has 1 aromatic carbocycles. The van der Waals surface area contributed by atoms with Gasteiger partial charge in [0.2, 0.25) is 6.19 Å². The fraction of sp³-hybridized carbons (Fsp3) is 0.550. The zero-order valence-corrected chi connectivity index (χ0v) is 14.5. The first-order chi connectivity index (χ1) is 11.8. The average molecular weight is 322 g/mol. The lowest BCUT2D eigenvalue weighted by atomic mass is 9.81. The maximum atomic E-state index is 9.92. The van der Waals surface area contributed by atoms with E-state index >= 15 is 0 Å². The molecule has 0 aromatic heterocycles. The lowest BCUT2D eigenvalue weighted by molar-refractivity contribution is 0.325. The summed E-state index contributed by atoms with van der Waals surface area (Å²) in [4.78, 5) is 6.25. The zero-order valence-electron chi connectivity index (χ0n) is 14.5. The van der Waals surface area contributed by atoms with Crippen LogP contribution in [0.5, 0.6) is 0 Å². The number of likely N-dealkylation sites (tertiary alicyclic amines) is 1. The molecule has 0 N–H and O–H groups in total. The molecular formula is C20H26N4. The van der Waals surface area contributed by atoms with Gasteiger partial charge in [-0.1, -0.05) is 50.1 Å². The van der Waals surface area contributed by atoms with Crippen LogP contribution in [0.2, 0.25) is 0 Å². The number of piperidine rings is 1. The van der Waals surface area contributed by atoms with Crippen LogP contribution in [-0.4, -0.2) is 23.8 Å². The summed E-state index contributed by atoms with van der Waals surface area (Å²) in [6.07, 6.45) is 8.46. The summed E-state index contributed by atoms with van der Waals surface area (Å²) in [5.41, 5.74) is 1.17. The number of rotatable bonds is 6. The molecule has 1 aliphatic rings. The smallest absolute Gasteiger partial charge is 0.207 e. The van der Waals surface area contributed by atoms with E-state index in [1.54, 1.807) is 0 Å². The van der Waals surface area contributed by atoms with E-state index in [2.05, 4.69) is 35.0 Å². The first-order valence-electron chi connectivity index (χ1n) is 8.98. The van der Waals surface area contributed by atoms with Crippen LogP contribution < -0.4 is 0 Å². The molecule has 1 fully saturated rings. The number of hydrogen-bond acceptors (Lipinski definition) is 3. The highest BCUT2D eigenvalue weighted by molar-refractivity contribution is 5.88. The molecule has 2 atom stereocenters. The van der Waals surface area contributed by atoms with Crippen molar-refractivity contribution in [3.63, 3.8) is 0 Å². The van der Waals surface area contributed by atoms with Gasteiger partial charge in [0.05, 0.1) is 6.07 Å². The quantitative estimate of drug-likeness (QED) is 0.441. The maximum absolute atomic E-state index is 9.92. The van der Waals surface area contributed by atoms with E-state index in [-0.39, 0.29) is 11.8 Å². The Hall–Kier alpha value is -2.33. The number of unbranched alkanes of at least 4 members (excludes halogenated alkanes) is 1. The fourth-order valence-corrected chi connectivity index (χ4v) is 3.49. The molecule has 2 unspecified atom stereocenters. The lowest BCUT2D eigenvalue weighted by Gasteiger charge is -2.34. The molecular weight excluding hydrogens is 296 g/mol. The Morgan fingerprint density at radius 2 is 1.88 bits per heavy atom. The third-order valence-corrected chi connectivity index (χ3v) is 4.76. The lowest BCUT2D eigenvalue weighted by Crippen LogP contribution is -2.41. The molecule has 1 aliphatic heterocycles. The first kappa shape index (κ1) is 18.0. The third-order valence-electron chi connectivity index (χ3n) is 4.76. The van der Waals surface area contributed by atoms with Gasteiger partial charge in [0.15, 0.2) is 0 Å². The van der Waals surface area contributed by atoms with Crippen LogP contribution in [0, 0.1) is 28.7 Å². The van der Waals surface area contributed by atoms with Crippen LogP contribution in [0.15, 0.2) is 35.3 Å². The van der Waals surface area contributed by atoms with Crippen LogP contribution >= 0.6 is 0 Å². The second-order valence-electron chi connectivity index (χ2n) is 6.38. The summed E-state index contributed by atoms with van der Waals surface area (Å²) in [6.45, 7) is 3.96. The molecule has 4 nitrogen and oxygen atoms in total. The van der Waals surface area contributed by atoms with Crippen LogP contribution in [-0.2, 0) is 0 Å². The first-order valence-corrected chi connectivity index (χ1v) is 8.98. The van der Waals surface area contributed by atoms with Gasteiger partial charge >= 0.3 is 0 Å². The van der Waals surface area contributed by atoms with Crippen molar-refractivity contribution in [3.05, 3.63) is 35.9 Å². The van der Waals surface area contributed by atoms with E-state index in [1.807, 2.05) is 24.4 Å². The second kappa shape index (κ2) is 9.73. The average Bonchev–Trinajstić information content (AvgIpc) is 2.65. The van der Waals surface area contributed by atoms with Gasteiger partial charge in [-0.15, -0.1) is 0 Å². The monoisotopic (exact) mass is 322 g/mol. The van der Waals surface area contributed by atoms with E-state index in [1.165, 1.54) is 12.0 Å². The van der Waals surface area contributed by atoms with E-state index < -0.39 is 0 Å². The van der Waals surface area contributed by atoms with E-state index in [4.69, 9.17) is 5.26 Å². The molecule has 0 amide bonds. The molecule has 1 heterocycles. The molecule has 126 valence electrons. The molecule has 0 spiro atoms. The van der Waals surface area contributed by atoms with E-state index in [9.17, 15) is 5.26 Å². The number of amidine groups is 1. The Morgan fingerprint density at radius 3 is 2.46 bits per heavy atom. The summed E-state index contributed by atoms with van der Waals surface area (Å²) < 4.78 is 0. The van der Waals surface area contributed by atoms with Crippen molar-refractivity contribution in [2.75, 3.05) is 13.1 Å². The van der Waals surface area contributed by atoms with E-state index in [0.29, 0.717) is 5.84 Å². The molecule has 4 heteroatoms. The molecule has 0 bridgehead atoms. The zero-order chi connectivity index (χ0) is 17.2. The molecule has 1 saturated heterocycles. The van der Waals surface area contributed by atoms with Crippen LogP contribution in [0.1, 0.15) is 56.9 Å². The largest absolute Gasteiger partial charge is 0.358 e. The Labute approximate surface area is 145 Å². The van der Waals surface area contributed by atoms with Crippen molar-refractivity contribution in [3.8, 4) is 12.3 Å².